The van der Waals surface area contributed by atoms with Crippen LogP contribution < -0.4 is 20.1 Å². The standard InChI is InChI=1S/C23H25N5O4/c1-14-11-17-12-19(31-3)20(32-4)13-18(17)21(27-28(14)23(30)25-2)15-5-7-16(8-6-15)22(29)26-10-9-24/h5-8,12-14H,10-11H2,1-4H3,(H,25,30)(H,26,29)/t14-/m1/s1. The maximum Gasteiger partial charge on any atom is 0.337 e. The first kappa shape index (κ1) is 22.6. The van der Waals surface area contributed by atoms with E-state index < -0.39 is 0 Å². The molecule has 0 radical (unpaired) electrons. The minimum Gasteiger partial charge on any atom is -0.493 e. The van der Waals surface area contributed by atoms with E-state index in [-0.39, 0.29) is 24.5 Å². The molecule has 1 aliphatic heterocycles. The summed E-state index contributed by atoms with van der Waals surface area (Å²) in [4.78, 5) is 24.7. The van der Waals surface area contributed by atoms with Crippen molar-refractivity contribution in [2.75, 3.05) is 27.8 Å². The second-order valence-corrected chi connectivity index (χ2v) is 7.18. The van der Waals surface area contributed by atoms with E-state index in [1.807, 2.05) is 25.1 Å². The Balaban J connectivity index is 2.13. The number of urea groups is 1. The molecule has 1 atom stereocenters. The van der Waals surface area contributed by atoms with E-state index >= 15 is 0 Å². The van der Waals surface area contributed by atoms with Gasteiger partial charge in [0.05, 0.1) is 32.0 Å². The van der Waals surface area contributed by atoms with Crippen LogP contribution in [0.1, 0.15) is 34.0 Å². The summed E-state index contributed by atoms with van der Waals surface area (Å²) in [6, 6.07) is 11.9. The number of hydrogen-bond donors (Lipinski definition) is 2. The van der Waals surface area contributed by atoms with Crippen LogP contribution in [0.4, 0.5) is 4.79 Å². The fourth-order valence-corrected chi connectivity index (χ4v) is 3.55. The number of carbonyl (C=O) groups excluding carboxylic acids is 2. The van der Waals surface area contributed by atoms with Gasteiger partial charge in [-0.05, 0) is 43.2 Å². The smallest absolute Gasteiger partial charge is 0.337 e. The van der Waals surface area contributed by atoms with E-state index in [1.54, 1.807) is 45.5 Å². The zero-order chi connectivity index (χ0) is 23.3. The third-order valence-electron chi connectivity index (χ3n) is 5.18. The molecule has 2 N–H and O–H groups in total. The third-order valence-corrected chi connectivity index (χ3v) is 5.18. The summed E-state index contributed by atoms with van der Waals surface area (Å²) in [6.45, 7) is 1.85. The molecule has 9 heteroatoms. The highest BCUT2D eigenvalue weighted by Gasteiger charge is 2.28. The van der Waals surface area contributed by atoms with Crippen molar-refractivity contribution in [1.29, 1.82) is 5.26 Å². The molecular formula is C23H25N5O4. The van der Waals surface area contributed by atoms with E-state index in [2.05, 4.69) is 10.6 Å². The molecule has 2 aromatic rings. The Morgan fingerprint density at radius 3 is 2.44 bits per heavy atom. The zero-order valence-electron chi connectivity index (χ0n) is 18.4. The lowest BCUT2D eigenvalue weighted by atomic mass is 9.93. The van der Waals surface area contributed by atoms with Crippen LogP contribution in [0.25, 0.3) is 0 Å². The number of nitrogens with one attached hydrogen (secondary N) is 2. The van der Waals surface area contributed by atoms with Crippen LogP contribution in [0.3, 0.4) is 0 Å². The number of hydrogen-bond acceptors (Lipinski definition) is 6. The second kappa shape index (κ2) is 9.83. The lowest BCUT2D eigenvalue weighted by Crippen LogP contribution is -2.41. The quantitative estimate of drug-likeness (QED) is 0.699. The minimum atomic E-state index is -0.340. The maximum atomic E-state index is 12.5. The molecule has 166 valence electrons. The van der Waals surface area contributed by atoms with Gasteiger partial charge < -0.3 is 20.1 Å². The first-order valence-corrected chi connectivity index (χ1v) is 10.0. The number of hydrazone groups is 1. The van der Waals surface area contributed by atoms with E-state index in [9.17, 15) is 9.59 Å². The van der Waals surface area contributed by atoms with Gasteiger partial charge in [0.2, 0.25) is 0 Å². The van der Waals surface area contributed by atoms with Crippen molar-refractivity contribution in [3.05, 3.63) is 58.7 Å². The molecule has 0 unspecified atom stereocenters. The Hall–Kier alpha value is -4.06. The van der Waals surface area contributed by atoms with Crippen LogP contribution in [-0.2, 0) is 6.42 Å². The molecule has 2 aromatic carbocycles. The molecule has 0 spiro atoms. The number of benzene rings is 2. The topological polar surface area (TPSA) is 116 Å². The molecule has 9 nitrogen and oxygen atoms in total. The van der Waals surface area contributed by atoms with Crippen molar-refractivity contribution in [2.45, 2.75) is 19.4 Å². The lowest BCUT2D eigenvalue weighted by Gasteiger charge is -2.22. The van der Waals surface area contributed by atoms with Crippen molar-refractivity contribution < 1.29 is 19.1 Å². The van der Waals surface area contributed by atoms with Gasteiger partial charge in [0.25, 0.3) is 5.91 Å². The predicted octanol–water partition coefficient (Wildman–Crippen LogP) is 2.30. The van der Waals surface area contributed by atoms with Gasteiger partial charge in [0.1, 0.15) is 6.54 Å². The molecule has 0 fully saturated rings. The molecule has 0 saturated heterocycles. The summed E-state index contributed by atoms with van der Waals surface area (Å²) in [7, 11) is 4.70. The predicted molar refractivity (Wildman–Crippen MR) is 119 cm³/mol. The summed E-state index contributed by atoms with van der Waals surface area (Å²) in [5.74, 6) is 0.802. The SMILES string of the molecule is CNC(=O)N1N=C(c2ccc(C(=O)NCC#N)cc2)c2cc(OC)c(OC)cc2C[C@H]1C. The van der Waals surface area contributed by atoms with Crippen molar-refractivity contribution in [3.63, 3.8) is 0 Å². The molecule has 0 aromatic heterocycles. The van der Waals surface area contributed by atoms with Gasteiger partial charge in [0.15, 0.2) is 11.5 Å². The van der Waals surface area contributed by atoms with Gasteiger partial charge in [-0.15, -0.1) is 0 Å². The summed E-state index contributed by atoms with van der Waals surface area (Å²) < 4.78 is 10.9. The molecule has 0 bridgehead atoms. The number of fused-ring (bicyclic) bond motifs is 1. The minimum absolute atomic E-state index is 0.0682. The number of ether oxygens (including phenoxy) is 2. The number of methoxy groups -OCH3 is 2. The number of amides is 3. The average molecular weight is 435 g/mol. The van der Waals surface area contributed by atoms with Crippen LogP contribution in [0, 0.1) is 11.3 Å². The van der Waals surface area contributed by atoms with Crippen molar-refractivity contribution in [3.8, 4) is 17.6 Å². The number of nitriles is 1. The van der Waals surface area contributed by atoms with Gasteiger partial charge >= 0.3 is 6.03 Å². The fourth-order valence-electron chi connectivity index (χ4n) is 3.55. The van der Waals surface area contributed by atoms with Crippen molar-refractivity contribution in [1.82, 2.24) is 15.6 Å². The molecular weight excluding hydrogens is 410 g/mol. The Kier molecular flexibility index (Phi) is 6.95. The monoisotopic (exact) mass is 435 g/mol. The Morgan fingerprint density at radius 2 is 1.84 bits per heavy atom. The number of nitrogens with zero attached hydrogens (tertiary/aromatic N) is 3. The summed E-state index contributed by atoms with van der Waals surface area (Å²) in [5, 5.41) is 19.9. The Morgan fingerprint density at radius 1 is 1.19 bits per heavy atom. The van der Waals surface area contributed by atoms with Crippen LogP contribution in [-0.4, -0.2) is 56.5 Å². The lowest BCUT2D eigenvalue weighted by molar-refractivity contribution is 0.0958. The van der Waals surface area contributed by atoms with Crippen LogP contribution >= 0.6 is 0 Å². The van der Waals surface area contributed by atoms with E-state index in [0.29, 0.717) is 29.2 Å². The molecule has 1 aliphatic rings. The highest BCUT2D eigenvalue weighted by atomic mass is 16.5. The van der Waals surface area contributed by atoms with Crippen molar-refractivity contribution >= 4 is 17.6 Å². The van der Waals surface area contributed by atoms with Crippen LogP contribution in [0.5, 0.6) is 11.5 Å². The molecule has 0 saturated carbocycles. The number of carbonyl (C=O) groups is 2. The van der Waals surface area contributed by atoms with Gasteiger partial charge in [-0.25, -0.2) is 9.80 Å². The molecule has 3 amide bonds. The fraction of sp³-hybridized carbons (Fsp3) is 0.304. The molecule has 1 heterocycles. The first-order valence-electron chi connectivity index (χ1n) is 10.0. The van der Waals surface area contributed by atoms with Crippen molar-refractivity contribution in [2.24, 2.45) is 5.10 Å². The average Bonchev–Trinajstić information content (AvgIpc) is 2.96. The summed E-state index contributed by atoms with van der Waals surface area (Å²) >= 11 is 0. The summed E-state index contributed by atoms with van der Waals surface area (Å²) in [6.07, 6.45) is 0.560. The largest absolute Gasteiger partial charge is 0.493 e. The normalized spacial score (nSPS) is 14.9. The van der Waals surface area contributed by atoms with E-state index in [0.717, 1.165) is 16.7 Å². The van der Waals surface area contributed by atoms with Crippen LogP contribution in [0.15, 0.2) is 41.5 Å². The maximum absolute atomic E-state index is 12.5. The first-order chi connectivity index (χ1) is 15.4. The Bertz CT molecular complexity index is 1090. The van der Waals surface area contributed by atoms with Crippen LogP contribution in [0.2, 0.25) is 0 Å². The van der Waals surface area contributed by atoms with Gasteiger partial charge in [-0.2, -0.15) is 10.4 Å². The van der Waals surface area contributed by atoms with E-state index in [1.165, 1.54) is 5.01 Å². The van der Waals surface area contributed by atoms with Gasteiger partial charge in [-0.3, -0.25) is 4.79 Å². The van der Waals surface area contributed by atoms with Gasteiger partial charge in [0, 0.05) is 23.7 Å². The Labute approximate surface area is 186 Å². The van der Waals surface area contributed by atoms with Gasteiger partial charge in [-0.1, -0.05) is 12.1 Å². The highest BCUT2D eigenvalue weighted by molar-refractivity contribution is 6.15. The zero-order valence-corrected chi connectivity index (χ0v) is 18.4. The van der Waals surface area contributed by atoms with E-state index in [4.69, 9.17) is 19.8 Å². The molecule has 32 heavy (non-hydrogen) atoms. The molecule has 0 aliphatic carbocycles. The summed E-state index contributed by atoms with van der Waals surface area (Å²) in [5.41, 5.74) is 3.47. The number of rotatable bonds is 5. The highest BCUT2D eigenvalue weighted by Crippen LogP contribution is 2.34. The third kappa shape index (κ3) is 4.49. The molecule has 3 rings (SSSR count). The second-order valence-electron chi connectivity index (χ2n) is 7.18.